The van der Waals surface area contributed by atoms with Crippen molar-refractivity contribution in [2.75, 3.05) is 5.32 Å². The highest BCUT2D eigenvalue weighted by molar-refractivity contribution is 5.88. The molecule has 17 heavy (non-hydrogen) atoms. The van der Waals surface area contributed by atoms with Crippen molar-refractivity contribution in [1.29, 1.82) is 0 Å². The number of anilines is 1. The molecule has 3 rings (SSSR count). The van der Waals surface area contributed by atoms with Gasteiger partial charge in [0.25, 0.3) is 0 Å². The van der Waals surface area contributed by atoms with Crippen LogP contribution in [0.25, 0.3) is 0 Å². The van der Waals surface area contributed by atoms with Crippen LogP contribution in [0.2, 0.25) is 0 Å². The number of hydrogen-bond acceptors (Lipinski definition) is 2. The third-order valence-corrected chi connectivity index (χ3v) is 3.71. The molecule has 1 saturated carbocycles. The number of rotatable bonds is 1. The SMILES string of the molecule is CC(=O)Nc1ccc2c(c1)C1CCCCC1O2. The van der Waals surface area contributed by atoms with Gasteiger partial charge in [-0.05, 0) is 37.5 Å². The Morgan fingerprint density at radius 1 is 1.35 bits per heavy atom. The molecule has 2 atom stereocenters. The van der Waals surface area contributed by atoms with Crippen LogP contribution in [0.5, 0.6) is 5.75 Å². The third-order valence-electron chi connectivity index (χ3n) is 3.71. The molecule has 1 amide bonds. The molecule has 2 unspecified atom stereocenters. The van der Waals surface area contributed by atoms with Crippen LogP contribution in [0, 0.1) is 0 Å². The van der Waals surface area contributed by atoms with Crippen molar-refractivity contribution in [3.8, 4) is 5.75 Å². The number of hydrogen-bond donors (Lipinski definition) is 1. The molecule has 1 fully saturated rings. The minimum Gasteiger partial charge on any atom is -0.489 e. The summed E-state index contributed by atoms with van der Waals surface area (Å²) in [5.74, 6) is 1.52. The second-order valence-corrected chi connectivity index (χ2v) is 4.98. The Labute approximate surface area is 101 Å². The summed E-state index contributed by atoms with van der Waals surface area (Å²) in [6.45, 7) is 1.53. The average Bonchev–Trinajstić information content (AvgIpc) is 2.66. The molecule has 1 aromatic rings. The van der Waals surface area contributed by atoms with E-state index >= 15 is 0 Å². The first-order chi connectivity index (χ1) is 8.24. The average molecular weight is 231 g/mol. The lowest BCUT2D eigenvalue weighted by atomic mass is 9.83. The zero-order valence-electron chi connectivity index (χ0n) is 10.0. The number of fused-ring (bicyclic) bond motifs is 3. The van der Waals surface area contributed by atoms with E-state index in [-0.39, 0.29) is 5.91 Å². The van der Waals surface area contributed by atoms with Gasteiger partial charge in [-0.1, -0.05) is 6.42 Å². The molecule has 1 aliphatic heterocycles. The Morgan fingerprint density at radius 2 is 2.18 bits per heavy atom. The van der Waals surface area contributed by atoms with Gasteiger partial charge >= 0.3 is 0 Å². The Morgan fingerprint density at radius 3 is 3.00 bits per heavy atom. The molecule has 0 bridgehead atoms. The summed E-state index contributed by atoms with van der Waals surface area (Å²) in [6, 6.07) is 5.98. The first-order valence-electron chi connectivity index (χ1n) is 6.32. The molecule has 0 radical (unpaired) electrons. The first kappa shape index (κ1) is 10.6. The van der Waals surface area contributed by atoms with Gasteiger partial charge in [-0.2, -0.15) is 0 Å². The van der Waals surface area contributed by atoms with Crippen molar-refractivity contribution < 1.29 is 9.53 Å². The zero-order valence-corrected chi connectivity index (χ0v) is 10.0. The van der Waals surface area contributed by atoms with E-state index in [1.165, 1.54) is 31.7 Å². The third kappa shape index (κ3) is 1.90. The number of carbonyl (C=O) groups is 1. The predicted octanol–water partition coefficient (Wildman–Crippen LogP) is 3.06. The number of ether oxygens (including phenoxy) is 1. The summed E-state index contributed by atoms with van der Waals surface area (Å²) < 4.78 is 5.96. The normalized spacial score (nSPS) is 25.7. The molecule has 0 aromatic heterocycles. The van der Waals surface area contributed by atoms with Crippen LogP contribution in [0.4, 0.5) is 5.69 Å². The van der Waals surface area contributed by atoms with E-state index in [0.717, 1.165) is 17.9 Å². The number of amides is 1. The van der Waals surface area contributed by atoms with Gasteiger partial charge in [-0.25, -0.2) is 0 Å². The number of carbonyl (C=O) groups excluding carboxylic acids is 1. The van der Waals surface area contributed by atoms with Gasteiger partial charge in [-0.3, -0.25) is 4.79 Å². The molecule has 1 aromatic carbocycles. The summed E-state index contributed by atoms with van der Waals surface area (Å²) in [5.41, 5.74) is 2.16. The molecular formula is C14H17NO2. The van der Waals surface area contributed by atoms with Crippen LogP contribution >= 0.6 is 0 Å². The highest BCUT2D eigenvalue weighted by Gasteiger charge is 2.36. The lowest BCUT2D eigenvalue weighted by Gasteiger charge is -2.23. The molecule has 2 aliphatic rings. The summed E-state index contributed by atoms with van der Waals surface area (Å²) in [4.78, 5) is 11.1. The quantitative estimate of drug-likeness (QED) is 0.806. The van der Waals surface area contributed by atoms with E-state index in [9.17, 15) is 4.79 Å². The van der Waals surface area contributed by atoms with E-state index in [2.05, 4.69) is 11.4 Å². The van der Waals surface area contributed by atoms with Crippen LogP contribution in [0.15, 0.2) is 18.2 Å². The Kier molecular flexibility index (Phi) is 2.54. The minimum absolute atomic E-state index is 0.0240. The van der Waals surface area contributed by atoms with Crippen LogP contribution in [0.3, 0.4) is 0 Å². The zero-order chi connectivity index (χ0) is 11.8. The van der Waals surface area contributed by atoms with E-state index < -0.39 is 0 Å². The lowest BCUT2D eigenvalue weighted by molar-refractivity contribution is -0.114. The maximum Gasteiger partial charge on any atom is 0.221 e. The molecule has 0 spiro atoms. The molecule has 1 heterocycles. The fourth-order valence-electron chi connectivity index (χ4n) is 2.98. The van der Waals surface area contributed by atoms with Gasteiger partial charge in [-0.15, -0.1) is 0 Å². The van der Waals surface area contributed by atoms with Crippen molar-refractivity contribution in [1.82, 2.24) is 0 Å². The van der Waals surface area contributed by atoms with Crippen molar-refractivity contribution in [3.63, 3.8) is 0 Å². The van der Waals surface area contributed by atoms with Crippen LogP contribution in [0.1, 0.15) is 44.1 Å². The summed E-state index contributed by atoms with van der Waals surface area (Å²) >= 11 is 0. The maximum atomic E-state index is 11.1. The van der Waals surface area contributed by atoms with Gasteiger partial charge in [0.2, 0.25) is 5.91 Å². The van der Waals surface area contributed by atoms with Gasteiger partial charge in [0.05, 0.1) is 0 Å². The summed E-state index contributed by atoms with van der Waals surface area (Å²) in [7, 11) is 0. The maximum absolute atomic E-state index is 11.1. The number of nitrogens with one attached hydrogen (secondary N) is 1. The molecule has 0 saturated heterocycles. The van der Waals surface area contributed by atoms with Gasteiger partial charge < -0.3 is 10.1 Å². The smallest absolute Gasteiger partial charge is 0.221 e. The minimum atomic E-state index is -0.0240. The van der Waals surface area contributed by atoms with Gasteiger partial charge in [0.15, 0.2) is 0 Å². The summed E-state index contributed by atoms with van der Waals surface area (Å²) in [5, 5.41) is 2.84. The first-order valence-corrected chi connectivity index (χ1v) is 6.32. The van der Waals surface area contributed by atoms with E-state index in [1.54, 1.807) is 0 Å². The predicted molar refractivity (Wildman–Crippen MR) is 66.4 cm³/mol. The molecular weight excluding hydrogens is 214 g/mol. The van der Waals surface area contributed by atoms with Crippen LogP contribution < -0.4 is 10.1 Å². The van der Waals surface area contributed by atoms with Crippen molar-refractivity contribution in [3.05, 3.63) is 23.8 Å². The topological polar surface area (TPSA) is 38.3 Å². The standard InChI is InChI=1S/C14H17NO2/c1-9(16)15-10-6-7-14-12(8-10)11-4-2-3-5-13(11)17-14/h6-8,11,13H,2-5H2,1H3,(H,15,16). The van der Waals surface area contributed by atoms with Crippen molar-refractivity contribution >= 4 is 11.6 Å². The second-order valence-electron chi connectivity index (χ2n) is 4.98. The van der Waals surface area contributed by atoms with E-state index in [4.69, 9.17) is 4.74 Å². The van der Waals surface area contributed by atoms with Gasteiger partial charge in [0, 0.05) is 24.1 Å². The molecule has 1 aliphatic carbocycles. The van der Waals surface area contributed by atoms with Crippen LogP contribution in [-0.4, -0.2) is 12.0 Å². The lowest BCUT2D eigenvalue weighted by Crippen LogP contribution is -2.22. The fourth-order valence-corrected chi connectivity index (χ4v) is 2.98. The second kappa shape index (κ2) is 4.06. The Balaban J connectivity index is 1.90. The Bertz CT molecular complexity index is 456. The largest absolute Gasteiger partial charge is 0.489 e. The molecule has 90 valence electrons. The fraction of sp³-hybridized carbons (Fsp3) is 0.500. The van der Waals surface area contributed by atoms with Crippen molar-refractivity contribution in [2.45, 2.75) is 44.6 Å². The number of benzene rings is 1. The molecule has 1 N–H and O–H groups in total. The van der Waals surface area contributed by atoms with Gasteiger partial charge in [0.1, 0.15) is 11.9 Å². The van der Waals surface area contributed by atoms with Crippen molar-refractivity contribution in [2.24, 2.45) is 0 Å². The molecule has 3 nitrogen and oxygen atoms in total. The highest BCUT2D eigenvalue weighted by Crippen LogP contribution is 2.46. The Hall–Kier alpha value is -1.51. The van der Waals surface area contributed by atoms with E-state index in [0.29, 0.717) is 12.0 Å². The highest BCUT2D eigenvalue weighted by atomic mass is 16.5. The van der Waals surface area contributed by atoms with E-state index in [1.807, 2.05) is 12.1 Å². The van der Waals surface area contributed by atoms with Crippen LogP contribution in [-0.2, 0) is 4.79 Å². The molecule has 3 heteroatoms. The monoisotopic (exact) mass is 231 g/mol. The summed E-state index contributed by atoms with van der Waals surface area (Å²) in [6.07, 6.45) is 5.30.